The van der Waals surface area contributed by atoms with Crippen molar-refractivity contribution < 1.29 is 4.79 Å². The fourth-order valence-corrected chi connectivity index (χ4v) is 3.44. The van der Waals surface area contributed by atoms with Crippen LogP contribution in [0.5, 0.6) is 0 Å². The molecule has 0 heterocycles. The van der Waals surface area contributed by atoms with Gasteiger partial charge in [-0.05, 0) is 64.2 Å². The van der Waals surface area contributed by atoms with Gasteiger partial charge in [-0.15, -0.1) is 0 Å². The highest BCUT2D eigenvalue weighted by Crippen LogP contribution is 2.49. The molecule has 2 aliphatic carbocycles. The second-order valence-corrected chi connectivity index (χ2v) is 7.23. The van der Waals surface area contributed by atoms with E-state index in [-0.39, 0.29) is 5.54 Å². The Morgan fingerprint density at radius 1 is 1.32 bits per heavy atom. The first-order chi connectivity index (χ1) is 8.93. The lowest BCUT2D eigenvalue weighted by atomic mass is 9.89. The molecule has 0 aromatic rings. The third-order valence-electron chi connectivity index (χ3n) is 4.72. The van der Waals surface area contributed by atoms with Crippen molar-refractivity contribution in [1.82, 2.24) is 4.90 Å². The zero-order valence-corrected chi connectivity index (χ0v) is 13.0. The van der Waals surface area contributed by atoms with E-state index in [1.165, 1.54) is 25.7 Å². The number of rotatable bonds is 4. The highest BCUT2D eigenvalue weighted by Gasteiger charge is 2.44. The highest BCUT2D eigenvalue weighted by atomic mass is 16.2. The van der Waals surface area contributed by atoms with E-state index in [2.05, 4.69) is 37.8 Å². The molecule has 2 aliphatic rings. The maximum absolute atomic E-state index is 12.1. The maximum atomic E-state index is 12.1. The van der Waals surface area contributed by atoms with Crippen molar-refractivity contribution in [2.24, 2.45) is 17.8 Å². The zero-order chi connectivity index (χ0) is 14.0. The Hall–Kier alpha value is -0.790. The van der Waals surface area contributed by atoms with Crippen molar-refractivity contribution in [3.8, 4) is 0 Å². The lowest BCUT2D eigenvalue weighted by Gasteiger charge is -2.36. The van der Waals surface area contributed by atoms with E-state index in [1.54, 1.807) is 0 Å². The van der Waals surface area contributed by atoms with E-state index in [0.29, 0.717) is 12.3 Å². The Morgan fingerprint density at radius 2 is 2.05 bits per heavy atom. The molecule has 2 nitrogen and oxygen atoms in total. The maximum Gasteiger partial charge on any atom is 0.222 e. The normalized spacial score (nSPS) is 30.2. The first kappa shape index (κ1) is 14.6. The Labute approximate surface area is 118 Å². The number of hydrogen-bond acceptors (Lipinski definition) is 1. The number of allylic oxidation sites excluding steroid dienone is 2. The molecule has 0 saturated heterocycles. The minimum absolute atomic E-state index is 0.0350. The summed E-state index contributed by atoms with van der Waals surface area (Å²) in [6.45, 7) is 9.41. The minimum Gasteiger partial charge on any atom is -0.338 e. The van der Waals surface area contributed by atoms with E-state index >= 15 is 0 Å². The van der Waals surface area contributed by atoms with Crippen LogP contribution in [-0.4, -0.2) is 22.9 Å². The molecule has 0 aromatic heterocycles. The monoisotopic (exact) mass is 263 g/mol. The standard InChI is InChI=1S/C17H29NO/c1-5-16(19)18(17(2,3)4)12-14-11-15(14)13-9-7-6-8-10-13/h6-7,13-15H,5,8-12H2,1-4H3/t13?,14-,15?/m1/s1. The van der Waals surface area contributed by atoms with Gasteiger partial charge in [-0.1, -0.05) is 19.1 Å². The quantitative estimate of drug-likeness (QED) is 0.702. The molecule has 2 rings (SSSR count). The van der Waals surface area contributed by atoms with Crippen molar-refractivity contribution in [3.05, 3.63) is 12.2 Å². The van der Waals surface area contributed by atoms with E-state index < -0.39 is 0 Å². The molecule has 0 aromatic carbocycles. The average molecular weight is 263 g/mol. The second-order valence-electron chi connectivity index (χ2n) is 7.23. The molecule has 19 heavy (non-hydrogen) atoms. The van der Waals surface area contributed by atoms with Crippen LogP contribution in [0, 0.1) is 17.8 Å². The Balaban J connectivity index is 1.90. The van der Waals surface area contributed by atoms with Gasteiger partial charge in [0.2, 0.25) is 5.91 Å². The largest absolute Gasteiger partial charge is 0.338 e. The zero-order valence-electron chi connectivity index (χ0n) is 13.0. The number of carbonyl (C=O) groups is 1. The molecular weight excluding hydrogens is 234 g/mol. The van der Waals surface area contributed by atoms with Crippen molar-refractivity contribution in [2.75, 3.05) is 6.54 Å². The molecule has 108 valence electrons. The van der Waals surface area contributed by atoms with Crippen LogP contribution in [0.4, 0.5) is 0 Å². The Bertz CT molecular complexity index is 353. The predicted octanol–water partition coefficient (Wildman–Crippen LogP) is 4.02. The first-order valence-corrected chi connectivity index (χ1v) is 7.89. The van der Waals surface area contributed by atoms with Gasteiger partial charge in [0.15, 0.2) is 0 Å². The predicted molar refractivity (Wildman–Crippen MR) is 79.8 cm³/mol. The topological polar surface area (TPSA) is 20.3 Å². The van der Waals surface area contributed by atoms with Gasteiger partial charge >= 0.3 is 0 Å². The summed E-state index contributed by atoms with van der Waals surface area (Å²) >= 11 is 0. The minimum atomic E-state index is -0.0350. The van der Waals surface area contributed by atoms with Gasteiger partial charge < -0.3 is 4.90 Å². The highest BCUT2D eigenvalue weighted by molar-refractivity contribution is 5.76. The van der Waals surface area contributed by atoms with E-state index in [9.17, 15) is 4.79 Å². The average Bonchev–Trinajstić information content (AvgIpc) is 3.14. The molecule has 1 fully saturated rings. The molecule has 0 aliphatic heterocycles. The molecule has 1 amide bonds. The SMILES string of the molecule is CCC(=O)N(C[C@H]1CC1C1CC=CCC1)C(C)(C)C. The number of amides is 1. The molecule has 2 unspecified atom stereocenters. The van der Waals surface area contributed by atoms with Crippen LogP contribution in [0.2, 0.25) is 0 Å². The second kappa shape index (κ2) is 5.68. The molecular formula is C17H29NO. The summed E-state index contributed by atoms with van der Waals surface area (Å²) in [5.41, 5.74) is -0.0350. The molecule has 2 heteroatoms. The van der Waals surface area contributed by atoms with Crippen LogP contribution in [0.15, 0.2) is 12.2 Å². The van der Waals surface area contributed by atoms with Gasteiger partial charge in [0, 0.05) is 18.5 Å². The van der Waals surface area contributed by atoms with Gasteiger partial charge in [0.25, 0.3) is 0 Å². The van der Waals surface area contributed by atoms with E-state index in [1.807, 2.05) is 6.92 Å². The fourth-order valence-electron chi connectivity index (χ4n) is 3.44. The van der Waals surface area contributed by atoms with Crippen LogP contribution in [0.1, 0.15) is 59.8 Å². The summed E-state index contributed by atoms with van der Waals surface area (Å²) < 4.78 is 0. The first-order valence-electron chi connectivity index (χ1n) is 7.89. The molecule has 3 atom stereocenters. The molecule has 0 bridgehead atoms. The smallest absolute Gasteiger partial charge is 0.222 e. The van der Waals surface area contributed by atoms with Crippen LogP contribution in [0.3, 0.4) is 0 Å². The summed E-state index contributed by atoms with van der Waals surface area (Å²) in [4.78, 5) is 14.2. The molecule has 0 N–H and O–H groups in total. The van der Waals surface area contributed by atoms with Gasteiger partial charge in [0.1, 0.15) is 0 Å². The number of hydrogen-bond donors (Lipinski definition) is 0. The Morgan fingerprint density at radius 3 is 2.58 bits per heavy atom. The third-order valence-corrected chi connectivity index (χ3v) is 4.72. The molecule has 1 saturated carbocycles. The van der Waals surface area contributed by atoms with Crippen molar-refractivity contribution >= 4 is 5.91 Å². The molecule has 0 radical (unpaired) electrons. The van der Waals surface area contributed by atoms with Crippen LogP contribution < -0.4 is 0 Å². The van der Waals surface area contributed by atoms with Gasteiger partial charge in [0.05, 0.1) is 0 Å². The Kier molecular flexibility index (Phi) is 4.37. The summed E-state index contributed by atoms with van der Waals surface area (Å²) in [6.07, 6.45) is 10.5. The summed E-state index contributed by atoms with van der Waals surface area (Å²) in [6, 6.07) is 0. The van der Waals surface area contributed by atoms with Gasteiger partial charge in [-0.3, -0.25) is 4.79 Å². The summed E-state index contributed by atoms with van der Waals surface area (Å²) in [7, 11) is 0. The third kappa shape index (κ3) is 3.61. The van der Waals surface area contributed by atoms with Crippen LogP contribution in [-0.2, 0) is 4.79 Å². The lowest BCUT2D eigenvalue weighted by Crippen LogP contribution is -2.46. The van der Waals surface area contributed by atoms with E-state index in [0.717, 1.165) is 24.3 Å². The van der Waals surface area contributed by atoms with E-state index in [4.69, 9.17) is 0 Å². The lowest BCUT2D eigenvalue weighted by molar-refractivity contribution is -0.136. The van der Waals surface area contributed by atoms with Crippen molar-refractivity contribution in [3.63, 3.8) is 0 Å². The van der Waals surface area contributed by atoms with Crippen LogP contribution >= 0.6 is 0 Å². The van der Waals surface area contributed by atoms with Crippen molar-refractivity contribution in [2.45, 2.75) is 65.3 Å². The van der Waals surface area contributed by atoms with Gasteiger partial charge in [-0.2, -0.15) is 0 Å². The number of nitrogens with zero attached hydrogens (tertiary/aromatic N) is 1. The molecule has 0 spiro atoms. The number of carbonyl (C=O) groups excluding carboxylic acids is 1. The summed E-state index contributed by atoms with van der Waals surface area (Å²) in [5.74, 6) is 2.82. The van der Waals surface area contributed by atoms with Gasteiger partial charge in [-0.25, -0.2) is 0 Å². The summed E-state index contributed by atoms with van der Waals surface area (Å²) in [5, 5.41) is 0. The fraction of sp³-hybridized carbons (Fsp3) is 0.824. The van der Waals surface area contributed by atoms with Crippen molar-refractivity contribution in [1.29, 1.82) is 0 Å². The van der Waals surface area contributed by atoms with Crippen LogP contribution in [0.25, 0.3) is 0 Å².